The number of carbonyl (C=O) groups excluding carboxylic acids is 1. The maximum Gasteiger partial charge on any atom is 0.339 e. The fraction of sp³-hybridized carbons (Fsp3) is 0.212. The van der Waals surface area contributed by atoms with Gasteiger partial charge in [-0.2, -0.15) is 0 Å². The number of nitrogens with zero attached hydrogens (tertiary/aromatic N) is 2. The van der Waals surface area contributed by atoms with E-state index in [4.69, 9.17) is 21.1 Å². The molecule has 0 saturated carbocycles. The summed E-state index contributed by atoms with van der Waals surface area (Å²) in [7, 11) is 1.41. The number of amides is 1. The number of para-hydroxylation sites is 2. The number of carboxylic acids is 1. The highest BCUT2D eigenvalue weighted by Gasteiger charge is 2.25. The third-order valence-corrected chi connectivity index (χ3v) is 8.14. The van der Waals surface area contributed by atoms with Crippen LogP contribution < -0.4 is 24.8 Å². The predicted molar refractivity (Wildman–Crippen MR) is 173 cm³/mol. The van der Waals surface area contributed by atoms with Crippen LogP contribution in [0.1, 0.15) is 35.2 Å². The number of carboxylic acid groups (broad SMARTS) is 1. The van der Waals surface area contributed by atoms with E-state index in [0.717, 1.165) is 37.3 Å². The molecule has 4 aromatic rings. The van der Waals surface area contributed by atoms with Crippen LogP contribution in [0.2, 0.25) is 5.02 Å². The smallest absolute Gasteiger partial charge is 0.339 e. The number of anilines is 3. The summed E-state index contributed by atoms with van der Waals surface area (Å²) in [6.07, 6.45) is 3.35. The minimum Gasteiger partial charge on any atom is -0.496 e. The van der Waals surface area contributed by atoms with Crippen molar-refractivity contribution in [2.75, 3.05) is 35.5 Å². The maximum atomic E-state index is 14.1. The molecule has 0 bridgehead atoms. The third kappa shape index (κ3) is 7.42. The average molecular weight is 665 g/mol. The number of aromatic carboxylic acids is 1. The van der Waals surface area contributed by atoms with Gasteiger partial charge in [0.2, 0.25) is 5.91 Å². The Morgan fingerprint density at radius 3 is 2.26 bits per heavy atom. The molecule has 1 aliphatic rings. The summed E-state index contributed by atoms with van der Waals surface area (Å²) in [5.41, 5.74) is 6.29. The summed E-state index contributed by atoms with van der Waals surface area (Å²) in [4.78, 5) is 28.1. The van der Waals surface area contributed by atoms with Crippen molar-refractivity contribution in [3.05, 3.63) is 106 Å². The summed E-state index contributed by atoms with van der Waals surface area (Å²) in [5.74, 6) is 0.124. The summed E-state index contributed by atoms with van der Waals surface area (Å²) in [5, 5.41) is 11.7. The highest BCUT2D eigenvalue weighted by molar-refractivity contribution is 9.10. The molecular formula is C33H31BrClN3O5. The number of piperidine rings is 1. The molecule has 1 heterocycles. The van der Waals surface area contributed by atoms with Crippen molar-refractivity contribution in [3.63, 3.8) is 0 Å². The zero-order valence-electron chi connectivity index (χ0n) is 23.6. The van der Waals surface area contributed by atoms with Gasteiger partial charge in [-0.1, -0.05) is 39.7 Å². The Hall–Kier alpha value is -4.21. The lowest BCUT2D eigenvalue weighted by molar-refractivity contribution is -0.117. The van der Waals surface area contributed by atoms with Gasteiger partial charge in [0.1, 0.15) is 22.8 Å². The number of hydrazine groups is 1. The van der Waals surface area contributed by atoms with Gasteiger partial charge in [0.15, 0.2) is 0 Å². The number of ether oxygens (including phenoxy) is 2. The topological polar surface area (TPSA) is 91.3 Å². The van der Waals surface area contributed by atoms with Gasteiger partial charge in [0.25, 0.3) is 0 Å². The van der Waals surface area contributed by atoms with Gasteiger partial charge in [-0.05, 0) is 97.6 Å². The standard InChI is InChI=1S/C33H31BrClN3O5/c1-42-31-19-22(28(34)21-27(31)33(40)41)20-32(39)38(30-8-4-3-7-29(30)37-17-5-2-6-18-37)36-24-11-15-26(16-12-24)43-25-13-9-23(35)10-14-25/h3-4,7-16,19,21,36H,2,5-6,17-18,20H2,1H3,(H,40,41). The fourth-order valence-corrected chi connectivity index (χ4v) is 5.60. The monoisotopic (exact) mass is 663 g/mol. The van der Waals surface area contributed by atoms with E-state index in [9.17, 15) is 14.7 Å². The summed E-state index contributed by atoms with van der Waals surface area (Å²) in [6.45, 7) is 1.82. The third-order valence-electron chi connectivity index (χ3n) is 7.15. The van der Waals surface area contributed by atoms with Crippen molar-refractivity contribution in [3.8, 4) is 17.2 Å². The number of nitrogens with one attached hydrogen (secondary N) is 1. The summed E-state index contributed by atoms with van der Waals surface area (Å²) in [6, 6.07) is 25.3. The van der Waals surface area contributed by atoms with Gasteiger partial charge >= 0.3 is 5.97 Å². The number of halogens is 2. The van der Waals surface area contributed by atoms with Crippen LogP contribution in [0.4, 0.5) is 17.1 Å². The molecule has 8 nitrogen and oxygen atoms in total. The SMILES string of the molecule is COc1cc(CC(=O)N(Nc2ccc(Oc3ccc(Cl)cc3)cc2)c2ccccc2N2CCCCC2)c(Br)cc1C(=O)O. The summed E-state index contributed by atoms with van der Waals surface area (Å²) < 4.78 is 11.8. The largest absolute Gasteiger partial charge is 0.496 e. The van der Waals surface area contributed by atoms with E-state index in [-0.39, 0.29) is 23.6 Å². The van der Waals surface area contributed by atoms with Crippen molar-refractivity contribution < 1.29 is 24.2 Å². The second-order valence-corrected chi connectivity index (χ2v) is 11.4. The highest BCUT2D eigenvalue weighted by Crippen LogP contribution is 2.34. The quantitative estimate of drug-likeness (QED) is 0.165. The van der Waals surface area contributed by atoms with E-state index in [2.05, 4.69) is 26.3 Å². The van der Waals surface area contributed by atoms with Gasteiger partial charge in [0.05, 0.1) is 30.6 Å². The van der Waals surface area contributed by atoms with Gasteiger partial charge in [-0.3, -0.25) is 10.2 Å². The molecule has 0 spiro atoms. The van der Waals surface area contributed by atoms with Crippen LogP contribution in [0.25, 0.3) is 0 Å². The van der Waals surface area contributed by atoms with Crippen LogP contribution in [0.3, 0.4) is 0 Å². The number of benzene rings is 4. The lowest BCUT2D eigenvalue weighted by atomic mass is 10.1. The highest BCUT2D eigenvalue weighted by atomic mass is 79.9. The molecule has 1 aliphatic heterocycles. The Morgan fingerprint density at radius 1 is 0.953 bits per heavy atom. The molecule has 10 heteroatoms. The number of hydrogen-bond acceptors (Lipinski definition) is 6. The lowest BCUT2D eigenvalue weighted by Crippen LogP contribution is -2.39. The van der Waals surface area contributed by atoms with Crippen LogP contribution in [0.15, 0.2) is 89.4 Å². The Kier molecular flexibility index (Phi) is 9.74. The van der Waals surface area contributed by atoms with E-state index in [1.165, 1.54) is 19.6 Å². The van der Waals surface area contributed by atoms with Crippen molar-refractivity contribution in [2.24, 2.45) is 0 Å². The molecule has 0 aliphatic carbocycles. The Morgan fingerprint density at radius 2 is 1.60 bits per heavy atom. The normalized spacial score (nSPS) is 12.9. The molecule has 5 rings (SSSR count). The minimum atomic E-state index is -1.11. The summed E-state index contributed by atoms with van der Waals surface area (Å²) >= 11 is 9.44. The van der Waals surface area contributed by atoms with E-state index >= 15 is 0 Å². The van der Waals surface area contributed by atoms with Gasteiger partial charge < -0.3 is 19.5 Å². The molecule has 0 aromatic heterocycles. The zero-order valence-corrected chi connectivity index (χ0v) is 25.9. The van der Waals surface area contributed by atoms with Gasteiger partial charge in [0, 0.05) is 22.6 Å². The number of carbonyl (C=O) groups is 2. The molecule has 43 heavy (non-hydrogen) atoms. The second kappa shape index (κ2) is 13.8. The molecule has 1 saturated heterocycles. The molecule has 0 atom stereocenters. The average Bonchev–Trinajstić information content (AvgIpc) is 3.03. The van der Waals surface area contributed by atoms with Gasteiger partial charge in [-0.25, -0.2) is 9.80 Å². The molecule has 1 amide bonds. The number of hydrogen-bond donors (Lipinski definition) is 2. The lowest BCUT2D eigenvalue weighted by Gasteiger charge is -2.34. The number of rotatable bonds is 10. The first-order valence-corrected chi connectivity index (χ1v) is 15.1. The first kappa shape index (κ1) is 30.3. The molecule has 0 radical (unpaired) electrons. The Bertz CT molecular complexity index is 1590. The number of methoxy groups -OCH3 is 1. The molecule has 1 fully saturated rings. The maximum absolute atomic E-state index is 14.1. The molecule has 4 aromatic carbocycles. The Balaban J connectivity index is 1.45. The van der Waals surface area contributed by atoms with Crippen LogP contribution >= 0.6 is 27.5 Å². The first-order chi connectivity index (χ1) is 20.8. The van der Waals surface area contributed by atoms with E-state index in [1.54, 1.807) is 35.3 Å². The van der Waals surface area contributed by atoms with Crippen molar-refractivity contribution >= 4 is 56.5 Å². The van der Waals surface area contributed by atoms with E-state index in [1.807, 2.05) is 48.5 Å². The van der Waals surface area contributed by atoms with Crippen molar-refractivity contribution in [1.82, 2.24) is 0 Å². The predicted octanol–water partition coefficient (Wildman–Crippen LogP) is 8.19. The first-order valence-electron chi connectivity index (χ1n) is 13.9. The fourth-order valence-electron chi connectivity index (χ4n) is 4.99. The van der Waals surface area contributed by atoms with Gasteiger partial charge in [-0.15, -0.1) is 0 Å². The van der Waals surface area contributed by atoms with Crippen molar-refractivity contribution in [1.29, 1.82) is 0 Å². The van der Waals surface area contributed by atoms with Crippen molar-refractivity contribution in [2.45, 2.75) is 25.7 Å². The van der Waals surface area contributed by atoms with Crippen LogP contribution in [0, 0.1) is 0 Å². The minimum absolute atomic E-state index is 0.0110. The van der Waals surface area contributed by atoms with E-state index < -0.39 is 5.97 Å². The zero-order chi connectivity index (χ0) is 30.3. The molecular weight excluding hydrogens is 634 g/mol. The van der Waals surface area contributed by atoms with Crippen LogP contribution in [0.5, 0.6) is 17.2 Å². The second-order valence-electron chi connectivity index (χ2n) is 10.1. The van der Waals surface area contributed by atoms with E-state index in [0.29, 0.717) is 32.2 Å². The van der Waals surface area contributed by atoms with Crippen LogP contribution in [-0.4, -0.2) is 37.2 Å². The molecule has 2 N–H and O–H groups in total. The van der Waals surface area contributed by atoms with Crippen LogP contribution in [-0.2, 0) is 11.2 Å². The molecule has 222 valence electrons. The Labute approximate surface area is 263 Å². The molecule has 0 unspecified atom stereocenters.